The lowest BCUT2D eigenvalue weighted by atomic mass is 10.3. The molecule has 5 nitrogen and oxygen atoms in total. The minimum Gasteiger partial charge on any atom is -0.485 e. The largest absolute Gasteiger partial charge is 0.485 e. The Labute approximate surface area is 120 Å². The number of nitrogens with one attached hydrogen (secondary N) is 1. The van der Waals surface area contributed by atoms with Crippen LogP contribution in [0.3, 0.4) is 0 Å². The van der Waals surface area contributed by atoms with E-state index in [1.165, 1.54) is 0 Å². The van der Waals surface area contributed by atoms with Gasteiger partial charge in [-0.1, -0.05) is 0 Å². The van der Waals surface area contributed by atoms with E-state index < -0.39 is 0 Å². The topological polar surface area (TPSA) is 52.0 Å². The lowest BCUT2D eigenvalue weighted by Gasteiger charge is -2.12. The molecule has 2 rings (SSSR count). The molecule has 0 spiro atoms. The predicted molar refractivity (Wildman–Crippen MR) is 78.7 cm³/mol. The van der Waals surface area contributed by atoms with Crippen LogP contribution in [0.2, 0.25) is 0 Å². The van der Waals surface area contributed by atoms with E-state index in [9.17, 15) is 0 Å². The maximum absolute atomic E-state index is 5.92. The number of nitrogens with zero attached hydrogens (tertiary/aromatic N) is 3. The van der Waals surface area contributed by atoms with E-state index in [2.05, 4.69) is 28.4 Å². The van der Waals surface area contributed by atoms with Gasteiger partial charge in [-0.15, -0.1) is 0 Å². The fraction of sp³-hybridized carbons (Fsp3) is 0.467. The van der Waals surface area contributed by atoms with Gasteiger partial charge in [0.05, 0.1) is 17.1 Å². The molecule has 0 amide bonds. The molecule has 0 radical (unpaired) electrons. The van der Waals surface area contributed by atoms with E-state index in [0.717, 1.165) is 35.1 Å². The monoisotopic (exact) mass is 274 g/mol. The van der Waals surface area contributed by atoms with Crippen molar-refractivity contribution in [2.75, 3.05) is 7.05 Å². The smallest absolute Gasteiger partial charge is 0.142 e. The SMILES string of the molecule is CCn1nc(C)cc1COc1ccc(C)nc1CNC. The van der Waals surface area contributed by atoms with Crippen molar-refractivity contribution in [1.29, 1.82) is 0 Å². The molecular formula is C15H22N4O. The van der Waals surface area contributed by atoms with Crippen molar-refractivity contribution in [2.45, 2.75) is 40.5 Å². The second kappa shape index (κ2) is 6.52. The summed E-state index contributed by atoms with van der Waals surface area (Å²) in [5.74, 6) is 0.825. The molecule has 0 aliphatic heterocycles. The highest BCUT2D eigenvalue weighted by Crippen LogP contribution is 2.18. The van der Waals surface area contributed by atoms with Crippen molar-refractivity contribution >= 4 is 0 Å². The number of pyridine rings is 1. The average Bonchev–Trinajstić information content (AvgIpc) is 2.78. The zero-order valence-corrected chi connectivity index (χ0v) is 12.6. The fourth-order valence-corrected chi connectivity index (χ4v) is 2.16. The van der Waals surface area contributed by atoms with Crippen LogP contribution < -0.4 is 10.1 Å². The van der Waals surface area contributed by atoms with E-state index >= 15 is 0 Å². The Bertz CT molecular complexity index is 577. The average molecular weight is 274 g/mol. The molecule has 2 aromatic heterocycles. The minimum absolute atomic E-state index is 0.510. The van der Waals surface area contributed by atoms with Gasteiger partial charge in [0, 0.05) is 18.8 Å². The molecule has 0 unspecified atom stereocenters. The van der Waals surface area contributed by atoms with Crippen molar-refractivity contribution in [3.63, 3.8) is 0 Å². The molecule has 0 atom stereocenters. The van der Waals surface area contributed by atoms with Crippen molar-refractivity contribution in [2.24, 2.45) is 0 Å². The third-order valence-electron chi connectivity index (χ3n) is 3.08. The Morgan fingerprint density at radius 3 is 2.75 bits per heavy atom. The molecule has 0 aliphatic rings. The van der Waals surface area contributed by atoms with Crippen molar-refractivity contribution in [3.8, 4) is 5.75 Å². The molecule has 0 fully saturated rings. The van der Waals surface area contributed by atoms with Crippen molar-refractivity contribution in [3.05, 3.63) is 41.0 Å². The summed E-state index contributed by atoms with van der Waals surface area (Å²) in [7, 11) is 1.91. The Kier molecular flexibility index (Phi) is 4.74. The Balaban J connectivity index is 2.13. The second-order valence-electron chi connectivity index (χ2n) is 4.81. The lowest BCUT2D eigenvalue weighted by Crippen LogP contribution is -2.11. The first-order valence-corrected chi connectivity index (χ1v) is 6.91. The highest BCUT2D eigenvalue weighted by atomic mass is 16.5. The van der Waals surface area contributed by atoms with Crippen LogP contribution in [0, 0.1) is 13.8 Å². The molecule has 108 valence electrons. The lowest BCUT2D eigenvalue weighted by molar-refractivity contribution is 0.287. The summed E-state index contributed by atoms with van der Waals surface area (Å²) in [5.41, 5.74) is 4.03. The zero-order valence-electron chi connectivity index (χ0n) is 12.6. The summed E-state index contributed by atoms with van der Waals surface area (Å²) < 4.78 is 7.89. The van der Waals surface area contributed by atoms with Gasteiger partial charge in [-0.05, 0) is 46.0 Å². The maximum Gasteiger partial charge on any atom is 0.142 e. The quantitative estimate of drug-likeness (QED) is 0.877. The first-order valence-electron chi connectivity index (χ1n) is 6.91. The van der Waals surface area contributed by atoms with Crippen LogP contribution in [0.25, 0.3) is 0 Å². The number of hydrogen-bond acceptors (Lipinski definition) is 4. The van der Waals surface area contributed by atoms with E-state index in [0.29, 0.717) is 13.2 Å². The van der Waals surface area contributed by atoms with E-state index in [4.69, 9.17) is 4.74 Å². The summed E-state index contributed by atoms with van der Waals surface area (Å²) in [6.45, 7) is 8.12. The molecule has 0 aliphatic carbocycles. The van der Waals surface area contributed by atoms with E-state index in [-0.39, 0.29) is 0 Å². The van der Waals surface area contributed by atoms with Gasteiger partial charge in [0.1, 0.15) is 12.4 Å². The maximum atomic E-state index is 5.92. The molecule has 1 N–H and O–H groups in total. The van der Waals surface area contributed by atoms with Crippen molar-refractivity contribution < 1.29 is 4.74 Å². The molecule has 20 heavy (non-hydrogen) atoms. The number of rotatable bonds is 6. The summed E-state index contributed by atoms with van der Waals surface area (Å²) in [4.78, 5) is 4.51. The normalized spacial score (nSPS) is 10.8. The van der Waals surface area contributed by atoms with Gasteiger partial charge in [-0.3, -0.25) is 9.67 Å². The van der Waals surface area contributed by atoms with Gasteiger partial charge >= 0.3 is 0 Å². The molecule has 0 saturated heterocycles. The molecule has 0 aromatic carbocycles. The van der Waals surface area contributed by atoms with Crippen LogP contribution >= 0.6 is 0 Å². The fourth-order valence-electron chi connectivity index (χ4n) is 2.16. The van der Waals surface area contributed by atoms with Crippen molar-refractivity contribution in [1.82, 2.24) is 20.1 Å². The summed E-state index contributed by atoms with van der Waals surface area (Å²) in [5, 5.41) is 7.54. The second-order valence-corrected chi connectivity index (χ2v) is 4.81. The number of ether oxygens (including phenoxy) is 1. The molecule has 0 bridgehead atoms. The first-order chi connectivity index (χ1) is 9.63. The molecular weight excluding hydrogens is 252 g/mol. The Morgan fingerprint density at radius 1 is 1.25 bits per heavy atom. The van der Waals surface area contributed by atoms with Crippen LogP contribution in [0.1, 0.15) is 29.7 Å². The van der Waals surface area contributed by atoms with Gasteiger partial charge in [-0.25, -0.2) is 0 Å². The third-order valence-corrected chi connectivity index (χ3v) is 3.08. The molecule has 2 aromatic rings. The van der Waals surface area contributed by atoms with E-state index in [1.807, 2.05) is 37.7 Å². The molecule has 0 saturated carbocycles. The van der Waals surface area contributed by atoms with Gasteiger partial charge in [0.15, 0.2) is 0 Å². The zero-order chi connectivity index (χ0) is 14.5. The summed E-state index contributed by atoms with van der Waals surface area (Å²) in [6, 6.07) is 6.01. The van der Waals surface area contributed by atoms with Crippen LogP contribution in [0.15, 0.2) is 18.2 Å². The summed E-state index contributed by atoms with van der Waals surface area (Å²) in [6.07, 6.45) is 0. The van der Waals surface area contributed by atoms with Crippen LogP contribution in [0.5, 0.6) is 5.75 Å². The van der Waals surface area contributed by atoms with Gasteiger partial charge in [0.25, 0.3) is 0 Å². The van der Waals surface area contributed by atoms with E-state index in [1.54, 1.807) is 0 Å². The summed E-state index contributed by atoms with van der Waals surface area (Å²) >= 11 is 0. The first kappa shape index (κ1) is 14.5. The standard InChI is InChI=1S/C15H22N4O/c1-5-19-13(8-12(3)18-19)10-20-15-7-6-11(2)17-14(15)9-16-4/h6-8,16H,5,9-10H2,1-4H3. The Morgan fingerprint density at radius 2 is 2.05 bits per heavy atom. The van der Waals surface area contributed by atoms with Crippen LogP contribution in [-0.2, 0) is 19.7 Å². The van der Waals surface area contributed by atoms with Crippen LogP contribution in [0.4, 0.5) is 0 Å². The molecule has 2 heterocycles. The number of aromatic nitrogens is 3. The van der Waals surface area contributed by atoms with Crippen LogP contribution in [-0.4, -0.2) is 21.8 Å². The highest BCUT2D eigenvalue weighted by molar-refractivity contribution is 5.29. The predicted octanol–water partition coefficient (Wildman–Crippen LogP) is 2.21. The van der Waals surface area contributed by atoms with Gasteiger partial charge in [-0.2, -0.15) is 5.10 Å². The molecule has 5 heteroatoms. The Hall–Kier alpha value is -1.88. The highest BCUT2D eigenvalue weighted by Gasteiger charge is 2.08. The number of aryl methyl sites for hydroxylation is 3. The number of hydrogen-bond donors (Lipinski definition) is 1. The third kappa shape index (κ3) is 3.36. The minimum atomic E-state index is 0.510. The van der Waals surface area contributed by atoms with Gasteiger partial charge < -0.3 is 10.1 Å². The van der Waals surface area contributed by atoms with Gasteiger partial charge in [0.2, 0.25) is 0 Å².